The number of carboxylic acids is 1. The van der Waals surface area contributed by atoms with Gasteiger partial charge in [-0.3, -0.25) is 4.79 Å². The maximum Gasteiger partial charge on any atom is 0.307 e. The summed E-state index contributed by atoms with van der Waals surface area (Å²) in [5, 5.41) is 9.69. The van der Waals surface area contributed by atoms with Crippen molar-refractivity contribution in [2.45, 2.75) is 20.3 Å². The van der Waals surface area contributed by atoms with E-state index in [4.69, 9.17) is 9.52 Å². The molecule has 15 heavy (non-hydrogen) atoms. The van der Waals surface area contributed by atoms with Gasteiger partial charge in [-0.25, -0.2) is 0 Å². The number of aliphatic carboxylic acids is 1. The van der Waals surface area contributed by atoms with Crippen LogP contribution in [-0.2, 0) is 11.2 Å². The summed E-state index contributed by atoms with van der Waals surface area (Å²) in [6.45, 7) is 3.78. The summed E-state index contributed by atoms with van der Waals surface area (Å²) in [6, 6.07) is 5.80. The number of hydrogen-bond donors (Lipinski definition) is 1. The summed E-state index contributed by atoms with van der Waals surface area (Å²) in [4.78, 5) is 10.7. The smallest absolute Gasteiger partial charge is 0.307 e. The average molecular weight is 204 g/mol. The van der Waals surface area contributed by atoms with Crippen molar-refractivity contribution in [2.24, 2.45) is 0 Å². The minimum Gasteiger partial charge on any atom is -0.481 e. The van der Waals surface area contributed by atoms with E-state index in [0.29, 0.717) is 5.76 Å². The molecule has 0 aliphatic rings. The van der Waals surface area contributed by atoms with Crippen LogP contribution in [0.1, 0.15) is 16.9 Å². The van der Waals surface area contributed by atoms with E-state index in [-0.39, 0.29) is 6.42 Å². The van der Waals surface area contributed by atoms with Crippen molar-refractivity contribution in [3.8, 4) is 0 Å². The molecule has 0 saturated carbocycles. The van der Waals surface area contributed by atoms with Gasteiger partial charge in [-0.2, -0.15) is 0 Å². The van der Waals surface area contributed by atoms with Crippen molar-refractivity contribution in [2.75, 3.05) is 0 Å². The first-order chi connectivity index (χ1) is 7.08. The molecule has 0 amide bonds. The second-order valence-corrected chi connectivity index (χ2v) is 3.71. The molecule has 0 fully saturated rings. The van der Waals surface area contributed by atoms with E-state index in [2.05, 4.69) is 0 Å². The number of carboxylic acid groups (broad SMARTS) is 1. The third kappa shape index (κ3) is 1.73. The highest BCUT2D eigenvalue weighted by Crippen LogP contribution is 2.26. The van der Waals surface area contributed by atoms with E-state index < -0.39 is 5.97 Å². The van der Waals surface area contributed by atoms with Gasteiger partial charge in [-0.1, -0.05) is 12.1 Å². The molecule has 0 unspecified atom stereocenters. The first kappa shape index (κ1) is 9.77. The monoisotopic (exact) mass is 204 g/mol. The number of furan rings is 1. The van der Waals surface area contributed by atoms with Crippen molar-refractivity contribution >= 4 is 16.9 Å². The SMILES string of the molecule is Cc1ccc2c(CC(=O)O)c(C)oc2c1. The average Bonchev–Trinajstić information content (AvgIpc) is 2.41. The lowest BCUT2D eigenvalue weighted by molar-refractivity contribution is -0.136. The maximum absolute atomic E-state index is 10.7. The molecule has 0 bridgehead atoms. The summed E-state index contributed by atoms with van der Waals surface area (Å²) in [7, 11) is 0. The summed E-state index contributed by atoms with van der Waals surface area (Å²) < 4.78 is 5.52. The van der Waals surface area contributed by atoms with Crippen LogP contribution in [0.5, 0.6) is 0 Å². The summed E-state index contributed by atoms with van der Waals surface area (Å²) in [5.74, 6) is -0.139. The zero-order valence-electron chi connectivity index (χ0n) is 8.70. The van der Waals surface area contributed by atoms with Crippen molar-refractivity contribution < 1.29 is 14.3 Å². The molecule has 1 heterocycles. The Bertz CT molecular complexity index is 523. The molecule has 1 aromatic heterocycles. The molecule has 0 spiro atoms. The number of hydrogen-bond acceptors (Lipinski definition) is 2. The van der Waals surface area contributed by atoms with Crippen molar-refractivity contribution in [1.29, 1.82) is 0 Å². The topological polar surface area (TPSA) is 50.4 Å². The fraction of sp³-hybridized carbons (Fsp3) is 0.250. The van der Waals surface area contributed by atoms with Crippen LogP contribution in [0, 0.1) is 13.8 Å². The number of benzene rings is 1. The second-order valence-electron chi connectivity index (χ2n) is 3.71. The van der Waals surface area contributed by atoms with E-state index in [1.54, 1.807) is 6.92 Å². The minimum absolute atomic E-state index is 0.0158. The molecule has 78 valence electrons. The fourth-order valence-electron chi connectivity index (χ4n) is 1.75. The Morgan fingerprint density at radius 3 is 2.80 bits per heavy atom. The third-order valence-electron chi connectivity index (χ3n) is 2.48. The fourth-order valence-corrected chi connectivity index (χ4v) is 1.75. The van der Waals surface area contributed by atoms with E-state index in [9.17, 15) is 4.79 Å². The van der Waals surface area contributed by atoms with Gasteiger partial charge in [0.05, 0.1) is 6.42 Å². The summed E-state index contributed by atoms with van der Waals surface area (Å²) in [6.07, 6.45) is 0.0158. The van der Waals surface area contributed by atoms with Crippen LogP contribution in [0.3, 0.4) is 0 Å². The predicted molar refractivity (Wildman–Crippen MR) is 57.0 cm³/mol. The lowest BCUT2D eigenvalue weighted by Gasteiger charge is -1.95. The van der Waals surface area contributed by atoms with Gasteiger partial charge >= 0.3 is 5.97 Å². The number of carbonyl (C=O) groups is 1. The molecule has 0 atom stereocenters. The van der Waals surface area contributed by atoms with Crippen LogP contribution < -0.4 is 0 Å². The zero-order chi connectivity index (χ0) is 11.0. The number of rotatable bonds is 2. The molecular weight excluding hydrogens is 192 g/mol. The molecule has 0 aliphatic carbocycles. The number of fused-ring (bicyclic) bond motifs is 1. The highest BCUT2D eigenvalue weighted by molar-refractivity contribution is 5.86. The molecule has 0 radical (unpaired) electrons. The van der Waals surface area contributed by atoms with Gasteiger partial charge in [0.2, 0.25) is 0 Å². The largest absolute Gasteiger partial charge is 0.481 e. The maximum atomic E-state index is 10.7. The Morgan fingerprint density at radius 1 is 1.40 bits per heavy atom. The molecule has 1 N–H and O–H groups in total. The molecule has 1 aromatic carbocycles. The van der Waals surface area contributed by atoms with Gasteiger partial charge in [0.15, 0.2) is 0 Å². The summed E-state index contributed by atoms with van der Waals surface area (Å²) in [5.41, 5.74) is 2.65. The van der Waals surface area contributed by atoms with Crippen LogP contribution in [0.25, 0.3) is 11.0 Å². The Morgan fingerprint density at radius 2 is 2.13 bits per heavy atom. The van der Waals surface area contributed by atoms with E-state index in [1.807, 2.05) is 25.1 Å². The van der Waals surface area contributed by atoms with Crippen LogP contribution in [0.15, 0.2) is 22.6 Å². The summed E-state index contributed by atoms with van der Waals surface area (Å²) >= 11 is 0. The second kappa shape index (κ2) is 3.42. The van der Waals surface area contributed by atoms with E-state index >= 15 is 0 Å². The predicted octanol–water partition coefficient (Wildman–Crippen LogP) is 2.68. The van der Waals surface area contributed by atoms with Gasteiger partial charge in [-0.15, -0.1) is 0 Å². The molecule has 3 nitrogen and oxygen atoms in total. The Balaban J connectivity index is 2.63. The molecule has 3 heteroatoms. The Kier molecular flexibility index (Phi) is 2.23. The highest BCUT2D eigenvalue weighted by Gasteiger charge is 2.13. The van der Waals surface area contributed by atoms with Gasteiger partial charge in [0.25, 0.3) is 0 Å². The molecule has 2 rings (SSSR count). The Hall–Kier alpha value is -1.77. The van der Waals surface area contributed by atoms with Gasteiger partial charge in [0.1, 0.15) is 11.3 Å². The van der Waals surface area contributed by atoms with E-state index in [0.717, 1.165) is 22.1 Å². The quantitative estimate of drug-likeness (QED) is 0.818. The molecule has 2 aromatic rings. The first-order valence-corrected chi connectivity index (χ1v) is 4.78. The van der Waals surface area contributed by atoms with Crippen molar-refractivity contribution in [3.63, 3.8) is 0 Å². The molecule has 0 saturated heterocycles. The van der Waals surface area contributed by atoms with Crippen LogP contribution in [-0.4, -0.2) is 11.1 Å². The minimum atomic E-state index is -0.832. The molecular formula is C12H12O3. The lowest BCUT2D eigenvalue weighted by atomic mass is 10.1. The highest BCUT2D eigenvalue weighted by atomic mass is 16.4. The number of aryl methyl sites for hydroxylation is 2. The normalized spacial score (nSPS) is 10.8. The van der Waals surface area contributed by atoms with Gasteiger partial charge in [0, 0.05) is 10.9 Å². The standard InChI is InChI=1S/C12H12O3/c1-7-3-4-9-10(6-12(13)14)8(2)15-11(9)5-7/h3-5H,6H2,1-2H3,(H,13,14). The Labute approximate surface area is 87.3 Å². The van der Waals surface area contributed by atoms with Crippen LogP contribution in [0.2, 0.25) is 0 Å². The van der Waals surface area contributed by atoms with Gasteiger partial charge in [-0.05, 0) is 25.5 Å². The van der Waals surface area contributed by atoms with Crippen molar-refractivity contribution in [3.05, 3.63) is 35.1 Å². The zero-order valence-corrected chi connectivity index (χ0v) is 8.70. The van der Waals surface area contributed by atoms with Crippen LogP contribution in [0.4, 0.5) is 0 Å². The first-order valence-electron chi connectivity index (χ1n) is 4.78. The third-order valence-corrected chi connectivity index (χ3v) is 2.48. The van der Waals surface area contributed by atoms with E-state index in [1.165, 1.54) is 0 Å². The van der Waals surface area contributed by atoms with Gasteiger partial charge < -0.3 is 9.52 Å². The van der Waals surface area contributed by atoms with Crippen molar-refractivity contribution in [1.82, 2.24) is 0 Å². The lowest BCUT2D eigenvalue weighted by Crippen LogP contribution is -2.00. The van der Waals surface area contributed by atoms with Crippen LogP contribution >= 0.6 is 0 Å². The molecule has 0 aliphatic heterocycles.